The molecule has 0 saturated carbocycles. The van der Waals surface area contributed by atoms with Gasteiger partial charge in [-0.3, -0.25) is 9.98 Å². The standard InChI is InChI=1S/C18H18ClN3S/c1-2-14-11-23-18-21-16(15-5-3-4-10-20-15)17(22(14)18)12-6-8-13(19)9-7-12/h3-10,14,16-17H,2,11H2,1H3/t14-,16+,17-/m1/s1. The fraction of sp³-hybridized carbons (Fsp3) is 0.333. The summed E-state index contributed by atoms with van der Waals surface area (Å²) in [6, 6.07) is 15.0. The van der Waals surface area contributed by atoms with E-state index in [1.54, 1.807) is 0 Å². The van der Waals surface area contributed by atoms with Crippen molar-refractivity contribution in [2.24, 2.45) is 4.99 Å². The zero-order valence-corrected chi connectivity index (χ0v) is 14.5. The first kappa shape index (κ1) is 15.0. The summed E-state index contributed by atoms with van der Waals surface area (Å²) in [4.78, 5) is 12.1. The SMILES string of the molecule is CC[C@@H]1CSC2=N[C@@H](c3ccccn3)[C@@H](c3ccc(Cl)cc3)N21. The summed E-state index contributed by atoms with van der Waals surface area (Å²) in [6.07, 6.45) is 2.98. The molecule has 3 nitrogen and oxygen atoms in total. The maximum Gasteiger partial charge on any atom is 0.160 e. The van der Waals surface area contributed by atoms with Gasteiger partial charge in [-0.15, -0.1) is 0 Å². The van der Waals surface area contributed by atoms with Crippen molar-refractivity contribution in [2.75, 3.05) is 5.75 Å². The molecule has 4 rings (SSSR count). The molecule has 1 aromatic carbocycles. The predicted molar refractivity (Wildman–Crippen MR) is 97.0 cm³/mol. The molecule has 3 heterocycles. The summed E-state index contributed by atoms with van der Waals surface area (Å²) in [6.45, 7) is 2.25. The Morgan fingerprint density at radius 1 is 1.22 bits per heavy atom. The molecule has 0 N–H and O–H groups in total. The highest BCUT2D eigenvalue weighted by Crippen LogP contribution is 2.48. The van der Waals surface area contributed by atoms with Gasteiger partial charge in [-0.1, -0.05) is 48.5 Å². The third-order valence-electron chi connectivity index (χ3n) is 4.54. The lowest BCUT2D eigenvalue weighted by molar-refractivity contribution is 0.255. The topological polar surface area (TPSA) is 28.5 Å². The molecule has 2 aromatic rings. The number of thioether (sulfide) groups is 1. The first-order valence-corrected chi connectivity index (χ1v) is 9.29. The van der Waals surface area contributed by atoms with Gasteiger partial charge in [-0.25, -0.2) is 0 Å². The van der Waals surface area contributed by atoms with Crippen LogP contribution in [0.5, 0.6) is 0 Å². The van der Waals surface area contributed by atoms with Gasteiger partial charge in [0.25, 0.3) is 0 Å². The molecule has 0 unspecified atom stereocenters. The lowest BCUT2D eigenvalue weighted by atomic mass is 9.95. The van der Waals surface area contributed by atoms with Crippen LogP contribution < -0.4 is 0 Å². The molecule has 118 valence electrons. The van der Waals surface area contributed by atoms with Crippen LogP contribution in [0.3, 0.4) is 0 Å². The molecule has 2 aliphatic heterocycles. The van der Waals surface area contributed by atoms with E-state index in [9.17, 15) is 0 Å². The first-order valence-electron chi connectivity index (χ1n) is 7.93. The van der Waals surface area contributed by atoms with Crippen molar-refractivity contribution in [1.82, 2.24) is 9.88 Å². The van der Waals surface area contributed by atoms with Gasteiger partial charge in [0.1, 0.15) is 6.04 Å². The van der Waals surface area contributed by atoms with E-state index in [1.165, 1.54) is 5.56 Å². The van der Waals surface area contributed by atoms with Gasteiger partial charge in [0.05, 0.1) is 11.7 Å². The fourth-order valence-electron chi connectivity index (χ4n) is 3.37. The largest absolute Gasteiger partial charge is 0.338 e. The minimum absolute atomic E-state index is 0.0502. The fourth-order valence-corrected chi connectivity index (χ4v) is 4.83. The molecule has 5 heteroatoms. The summed E-state index contributed by atoms with van der Waals surface area (Å²) < 4.78 is 0. The lowest BCUT2D eigenvalue weighted by Crippen LogP contribution is -2.35. The van der Waals surface area contributed by atoms with Crippen LogP contribution >= 0.6 is 23.4 Å². The molecule has 1 fully saturated rings. The molecule has 1 saturated heterocycles. The summed E-state index contributed by atoms with van der Waals surface area (Å²) >= 11 is 7.95. The zero-order valence-electron chi connectivity index (χ0n) is 12.9. The minimum Gasteiger partial charge on any atom is -0.338 e. The molecule has 1 aromatic heterocycles. The number of benzene rings is 1. The average Bonchev–Trinajstić information content (AvgIpc) is 3.15. The smallest absolute Gasteiger partial charge is 0.160 e. The van der Waals surface area contributed by atoms with Gasteiger partial charge < -0.3 is 4.90 Å². The lowest BCUT2D eigenvalue weighted by Gasteiger charge is -2.31. The molecule has 0 aliphatic carbocycles. The van der Waals surface area contributed by atoms with E-state index in [0.29, 0.717) is 6.04 Å². The second-order valence-corrected chi connectivity index (χ2v) is 7.31. The number of rotatable bonds is 3. The number of hydrogen-bond donors (Lipinski definition) is 0. The summed E-state index contributed by atoms with van der Waals surface area (Å²) in [5.41, 5.74) is 2.29. The monoisotopic (exact) mass is 343 g/mol. The van der Waals surface area contributed by atoms with Crippen molar-refractivity contribution in [3.05, 3.63) is 64.9 Å². The number of hydrogen-bond acceptors (Lipinski definition) is 4. The van der Waals surface area contributed by atoms with Crippen molar-refractivity contribution >= 4 is 28.5 Å². The number of fused-ring (bicyclic) bond motifs is 1. The van der Waals surface area contributed by atoms with Crippen molar-refractivity contribution in [3.63, 3.8) is 0 Å². The molecule has 0 amide bonds. The maximum atomic E-state index is 6.08. The molecule has 0 spiro atoms. The number of aromatic nitrogens is 1. The van der Waals surface area contributed by atoms with Gasteiger partial charge in [0.15, 0.2) is 5.17 Å². The number of aliphatic imine (C=N–C) groups is 1. The van der Waals surface area contributed by atoms with Crippen molar-refractivity contribution < 1.29 is 0 Å². The van der Waals surface area contributed by atoms with E-state index >= 15 is 0 Å². The molecule has 0 bridgehead atoms. The van der Waals surface area contributed by atoms with Gasteiger partial charge in [0, 0.05) is 23.0 Å². The van der Waals surface area contributed by atoms with Crippen LogP contribution in [0.25, 0.3) is 0 Å². The number of nitrogens with zero attached hydrogens (tertiary/aromatic N) is 3. The van der Waals surface area contributed by atoms with Gasteiger partial charge in [0.2, 0.25) is 0 Å². The van der Waals surface area contributed by atoms with Crippen LogP contribution in [-0.2, 0) is 0 Å². The van der Waals surface area contributed by atoms with Crippen LogP contribution in [0.2, 0.25) is 5.02 Å². The van der Waals surface area contributed by atoms with Crippen molar-refractivity contribution in [3.8, 4) is 0 Å². The van der Waals surface area contributed by atoms with Crippen molar-refractivity contribution in [1.29, 1.82) is 0 Å². The number of amidine groups is 1. The number of halogens is 1. The molecular formula is C18H18ClN3S. The molecule has 23 heavy (non-hydrogen) atoms. The Hall–Kier alpha value is -1.52. The molecule has 3 atom stereocenters. The summed E-state index contributed by atoms with van der Waals surface area (Å²) in [5, 5.41) is 1.93. The Labute approximate surface area is 145 Å². The Balaban J connectivity index is 1.78. The summed E-state index contributed by atoms with van der Waals surface area (Å²) in [7, 11) is 0. The predicted octanol–water partition coefficient (Wildman–Crippen LogP) is 4.71. The van der Waals surface area contributed by atoms with Gasteiger partial charge in [-0.05, 0) is 36.2 Å². The third kappa shape index (κ3) is 2.64. The number of pyridine rings is 1. The van der Waals surface area contributed by atoms with E-state index in [0.717, 1.165) is 28.1 Å². The van der Waals surface area contributed by atoms with E-state index < -0.39 is 0 Å². The normalized spacial score (nSPS) is 26.3. The molecule has 2 aliphatic rings. The Morgan fingerprint density at radius 2 is 2.04 bits per heavy atom. The highest BCUT2D eigenvalue weighted by atomic mass is 35.5. The Morgan fingerprint density at radius 3 is 2.74 bits per heavy atom. The second kappa shape index (κ2) is 6.17. The maximum absolute atomic E-state index is 6.08. The van der Waals surface area contributed by atoms with Crippen LogP contribution in [0.1, 0.15) is 36.7 Å². The van der Waals surface area contributed by atoms with Crippen LogP contribution in [0, 0.1) is 0 Å². The highest BCUT2D eigenvalue weighted by Gasteiger charge is 2.45. The van der Waals surface area contributed by atoms with Gasteiger partial charge >= 0.3 is 0 Å². The minimum atomic E-state index is 0.0502. The molecular weight excluding hydrogens is 326 g/mol. The molecule has 0 radical (unpaired) electrons. The Bertz CT molecular complexity index is 717. The second-order valence-electron chi connectivity index (χ2n) is 5.89. The van der Waals surface area contributed by atoms with Crippen LogP contribution in [-0.4, -0.2) is 26.8 Å². The average molecular weight is 344 g/mol. The van der Waals surface area contributed by atoms with E-state index in [1.807, 2.05) is 42.2 Å². The zero-order chi connectivity index (χ0) is 15.8. The van der Waals surface area contributed by atoms with Crippen LogP contribution in [0.4, 0.5) is 0 Å². The quantitative estimate of drug-likeness (QED) is 0.807. The van der Waals surface area contributed by atoms with Gasteiger partial charge in [-0.2, -0.15) is 0 Å². The van der Waals surface area contributed by atoms with E-state index in [4.69, 9.17) is 16.6 Å². The first-order chi connectivity index (χ1) is 11.3. The summed E-state index contributed by atoms with van der Waals surface area (Å²) in [5.74, 6) is 1.12. The van der Waals surface area contributed by atoms with Crippen LogP contribution in [0.15, 0.2) is 53.7 Å². The Kier molecular flexibility index (Phi) is 4.04. The van der Waals surface area contributed by atoms with E-state index in [2.05, 4.69) is 35.0 Å². The third-order valence-corrected chi connectivity index (χ3v) is 5.92. The highest BCUT2D eigenvalue weighted by molar-refractivity contribution is 8.14. The van der Waals surface area contributed by atoms with E-state index in [-0.39, 0.29) is 12.1 Å². The van der Waals surface area contributed by atoms with Crippen molar-refractivity contribution in [2.45, 2.75) is 31.5 Å².